The third-order valence-corrected chi connectivity index (χ3v) is 3.16. The van der Waals surface area contributed by atoms with Crippen LogP contribution in [0.1, 0.15) is 22.7 Å². The molecular formula is C15H12N2O. The first-order valence-electron chi connectivity index (χ1n) is 5.82. The molecule has 1 aliphatic rings. The molecule has 0 fully saturated rings. The van der Waals surface area contributed by atoms with E-state index in [9.17, 15) is 0 Å². The SMILES string of the molecule is [N]Oc1ccccc1C1NC=Cc2ccccc21. The second-order valence-electron chi connectivity index (χ2n) is 4.19. The molecule has 2 aromatic carbocycles. The van der Waals surface area contributed by atoms with E-state index in [0.717, 1.165) is 5.56 Å². The molecule has 0 bridgehead atoms. The summed E-state index contributed by atoms with van der Waals surface area (Å²) in [6, 6.07) is 15.6. The van der Waals surface area contributed by atoms with Gasteiger partial charge in [-0.15, -0.1) is 0 Å². The Morgan fingerprint density at radius 1 is 0.944 bits per heavy atom. The van der Waals surface area contributed by atoms with Crippen LogP contribution < -0.4 is 16.1 Å². The van der Waals surface area contributed by atoms with Crippen molar-refractivity contribution in [1.82, 2.24) is 11.2 Å². The third-order valence-electron chi connectivity index (χ3n) is 3.16. The molecule has 2 radical (unpaired) electrons. The predicted octanol–water partition coefficient (Wildman–Crippen LogP) is 2.71. The number of hydrogen-bond donors (Lipinski definition) is 1. The van der Waals surface area contributed by atoms with E-state index in [1.807, 2.05) is 42.6 Å². The smallest absolute Gasteiger partial charge is 0.157 e. The molecule has 2 aromatic rings. The summed E-state index contributed by atoms with van der Waals surface area (Å²) in [4.78, 5) is 4.45. The number of para-hydroxylation sites is 1. The van der Waals surface area contributed by atoms with Crippen molar-refractivity contribution in [3.8, 4) is 5.75 Å². The summed E-state index contributed by atoms with van der Waals surface area (Å²) in [5.41, 5.74) is 3.26. The van der Waals surface area contributed by atoms with E-state index in [1.165, 1.54) is 11.1 Å². The zero-order valence-corrected chi connectivity index (χ0v) is 9.71. The molecule has 0 amide bonds. The van der Waals surface area contributed by atoms with Crippen LogP contribution in [0.2, 0.25) is 0 Å². The van der Waals surface area contributed by atoms with Gasteiger partial charge in [0.2, 0.25) is 0 Å². The van der Waals surface area contributed by atoms with Crippen LogP contribution in [0.4, 0.5) is 0 Å². The van der Waals surface area contributed by atoms with Crippen LogP contribution in [0.3, 0.4) is 0 Å². The van der Waals surface area contributed by atoms with Gasteiger partial charge in [-0.3, -0.25) is 0 Å². The van der Waals surface area contributed by atoms with Crippen molar-refractivity contribution in [2.75, 3.05) is 0 Å². The Balaban J connectivity index is 2.11. The average Bonchev–Trinajstić information content (AvgIpc) is 2.46. The first kappa shape index (κ1) is 10.9. The minimum absolute atomic E-state index is 0.00505. The van der Waals surface area contributed by atoms with Gasteiger partial charge in [0, 0.05) is 5.56 Å². The van der Waals surface area contributed by atoms with Crippen molar-refractivity contribution < 1.29 is 4.84 Å². The summed E-state index contributed by atoms with van der Waals surface area (Å²) in [6.07, 6.45) is 3.95. The number of hydrogen-bond acceptors (Lipinski definition) is 2. The highest BCUT2D eigenvalue weighted by Crippen LogP contribution is 2.33. The van der Waals surface area contributed by atoms with Gasteiger partial charge in [-0.25, -0.2) is 0 Å². The molecule has 0 spiro atoms. The van der Waals surface area contributed by atoms with E-state index in [0.29, 0.717) is 5.75 Å². The number of nitrogens with zero attached hydrogens (tertiary/aromatic N) is 1. The highest BCUT2D eigenvalue weighted by molar-refractivity contribution is 5.59. The van der Waals surface area contributed by atoms with Crippen LogP contribution >= 0.6 is 0 Å². The number of nitrogens with one attached hydrogen (secondary N) is 1. The maximum absolute atomic E-state index is 8.95. The topological polar surface area (TPSA) is 43.6 Å². The Kier molecular flexibility index (Phi) is 2.74. The lowest BCUT2D eigenvalue weighted by molar-refractivity contribution is 0.303. The fraction of sp³-hybridized carbons (Fsp3) is 0.0667. The van der Waals surface area contributed by atoms with E-state index >= 15 is 0 Å². The van der Waals surface area contributed by atoms with E-state index in [1.54, 1.807) is 6.07 Å². The van der Waals surface area contributed by atoms with Crippen LogP contribution in [-0.4, -0.2) is 0 Å². The van der Waals surface area contributed by atoms with Gasteiger partial charge in [0.25, 0.3) is 0 Å². The molecule has 3 heteroatoms. The molecule has 0 aromatic heterocycles. The standard InChI is InChI=1S/C15H12N2O/c16-18-14-8-4-3-7-13(14)15-12-6-2-1-5-11(12)9-10-17-15/h1-10,15,17H. The Morgan fingerprint density at radius 3 is 2.50 bits per heavy atom. The largest absolute Gasteiger partial charge is 0.380 e. The molecule has 1 N–H and O–H groups in total. The monoisotopic (exact) mass is 236 g/mol. The third kappa shape index (κ3) is 1.75. The normalized spacial score (nSPS) is 16.8. The van der Waals surface area contributed by atoms with Crippen LogP contribution in [0.15, 0.2) is 54.7 Å². The lowest BCUT2D eigenvalue weighted by atomic mass is 9.92. The lowest BCUT2D eigenvalue weighted by Gasteiger charge is -2.24. The molecular weight excluding hydrogens is 224 g/mol. The zero-order chi connectivity index (χ0) is 12.4. The van der Waals surface area contributed by atoms with Crippen molar-refractivity contribution in [2.45, 2.75) is 6.04 Å². The van der Waals surface area contributed by atoms with Gasteiger partial charge < -0.3 is 10.2 Å². The number of rotatable bonds is 2. The predicted molar refractivity (Wildman–Crippen MR) is 69.7 cm³/mol. The molecule has 1 atom stereocenters. The summed E-state index contributed by atoms with van der Waals surface area (Å²) >= 11 is 0. The minimum Gasteiger partial charge on any atom is -0.380 e. The molecule has 0 saturated heterocycles. The van der Waals surface area contributed by atoms with E-state index in [4.69, 9.17) is 5.90 Å². The molecule has 3 nitrogen and oxygen atoms in total. The fourth-order valence-electron chi connectivity index (χ4n) is 2.31. The molecule has 0 aliphatic carbocycles. The molecule has 1 aliphatic heterocycles. The molecule has 18 heavy (non-hydrogen) atoms. The Labute approximate surface area is 106 Å². The minimum atomic E-state index is -0.00505. The second-order valence-corrected chi connectivity index (χ2v) is 4.19. The van der Waals surface area contributed by atoms with Crippen molar-refractivity contribution >= 4 is 6.08 Å². The maximum Gasteiger partial charge on any atom is 0.157 e. The maximum atomic E-state index is 8.95. The quantitative estimate of drug-likeness (QED) is 0.815. The average molecular weight is 236 g/mol. The van der Waals surface area contributed by atoms with Gasteiger partial charge in [0.05, 0.1) is 6.04 Å². The first-order chi connectivity index (χ1) is 8.90. The second kappa shape index (κ2) is 4.55. The van der Waals surface area contributed by atoms with Crippen LogP contribution in [0.5, 0.6) is 5.75 Å². The van der Waals surface area contributed by atoms with Gasteiger partial charge in [-0.2, -0.15) is 0 Å². The summed E-state index contributed by atoms with van der Waals surface area (Å²) in [5, 5.41) is 3.29. The van der Waals surface area contributed by atoms with Crippen molar-refractivity contribution in [1.29, 1.82) is 0 Å². The summed E-state index contributed by atoms with van der Waals surface area (Å²) in [5.74, 6) is 9.42. The van der Waals surface area contributed by atoms with Crippen molar-refractivity contribution in [2.24, 2.45) is 0 Å². The summed E-state index contributed by atoms with van der Waals surface area (Å²) < 4.78 is 0. The van der Waals surface area contributed by atoms with Gasteiger partial charge in [0.15, 0.2) is 5.75 Å². The van der Waals surface area contributed by atoms with E-state index in [-0.39, 0.29) is 6.04 Å². The number of benzene rings is 2. The highest BCUT2D eigenvalue weighted by atomic mass is 16.6. The van der Waals surface area contributed by atoms with Crippen LogP contribution in [-0.2, 0) is 0 Å². The van der Waals surface area contributed by atoms with Crippen LogP contribution in [0.25, 0.3) is 6.08 Å². The Bertz CT molecular complexity index is 593. The molecule has 88 valence electrons. The summed E-state index contributed by atoms with van der Waals surface area (Å²) in [6.45, 7) is 0. The molecule has 1 heterocycles. The zero-order valence-electron chi connectivity index (χ0n) is 9.71. The Morgan fingerprint density at radius 2 is 1.67 bits per heavy atom. The van der Waals surface area contributed by atoms with Gasteiger partial charge >= 0.3 is 0 Å². The fourth-order valence-corrected chi connectivity index (χ4v) is 2.31. The highest BCUT2D eigenvalue weighted by Gasteiger charge is 2.21. The molecule has 3 rings (SSSR count). The molecule has 0 saturated carbocycles. The van der Waals surface area contributed by atoms with Crippen molar-refractivity contribution in [3.05, 3.63) is 71.4 Å². The van der Waals surface area contributed by atoms with Crippen molar-refractivity contribution in [3.63, 3.8) is 0 Å². The van der Waals surface area contributed by atoms with Gasteiger partial charge in [-0.05, 0) is 29.5 Å². The van der Waals surface area contributed by atoms with Gasteiger partial charge in [-0.1, -0.05) is 42.5 Å². The van der Waals surface area contributed by atoms with E-state index in [2.05, 4.69) is 22.3 Å². The summed E-state index contributed by atoms with van der Waals surface area (Å²) in [7, 11) is 0. The lowest BCUT2D eigenvalue weighted by Crippen LogP contribution is -2.21. The number of fused-ring (bicyclic) bond motifs is 1. The van der Waals surface area contributed by atoms with Gasteiger partial charge in [0.1, 0.15) is 5.90 Å². The molecule has 1 unspecified atom stereocenters. The Hall–Kier alpha value is -2.26. The first-order valence-corrected chi connectivity index (χ1v) is 5.82. The van der Waals surface area contributed by atoms with Crippen LogP contribution in [0, 0.1) is 0 Å². The van der Waals surface area contributed by atoms with E-state index < -0.39 is 0 Å².